The minimum absolute atomic E-state index is 0.430. The highest BCUT2D eigenvalue weighted by Gasteiger charge is 2.16. The van der Waals surface area contributed by atoms with Crippen molar-refractivity contribution in [2.45, 2.75) is 66.5 Å². The second kappa shape index (κ2) is 6.94. The summed E-state index contributed by atoms with van der Waals surface area (Å²) in [4.78, 5) is 0. The third-order valence-electron chi connectivity index (χ3n) is 4.30. The Hall–Kier alpha value is -0.820. The summed E-state index contributed by atoms with van der Waals surface area (Å²) in [6.45, 7) is 13.5. The van der Waals surface area contributed by atoms with Crippen LogP contribution in [0.5, 0.6) is 0 Å². The molecule has 0 saturated heterocycles. The van der Waals surface area contributed by atoms with Gasteiger partial charge in [0, 0.05) is 12.1 Å². The normalized spacial score (nSPS) is 14.8. The second-order valence-corrected chi connectivity index (χ2v) is 5.60. The average Bonchev–Trinajstić information content (AvgIpc) is 2.34. The number of rotatable bonds is 6. The molecule has 0 spiro atoms. The lowest BCUT2D eigenvalue weighted by molar-refractivity contribution is 0.330. The van der Waals surface area contributed by atoms with Crippen LogP contribution >= 0.6 is 0 Å². The smallest absolute Gasteiger partial charge is 0.0294 e. The zero-order chi connectivity index (χ0) is 13.7. The molecule has 2 atom stereocenters. The van der Waals surface area contributed by atoms with E-state index in [4.69, 9.17) is 0 Å². The summed E-state index contributed by atoms with van der Waals surface area (Å²) in [6.07, 6.45) is 2.51. The quantitative estimate of drug-likeness (QED) is 0.763. The van der Waals surface area contributed by atoms with Crippen LogP contribution in [-0.2, 0) is 0 Å². The molecule has 1 nitrogen and oxygen atoms in total. The van der Waals surface area contributed by atoms with Crippen LogP contribution in [0.1, 0.15) is 63.3 Å². The van der Waals surface area contributed by atoms with E-state index in [0.29, 0.717) is 12.1 Å². The van der Waals surface area contributed by atoms with Crippen LogP contribution in [0.25, 0.3) is 0 Å². The largest absolute Gasteiger partial charge is 0.307 e. The predicted molar refractivity (Wildman–Crippen MR) is 81.0 cm³/mol. The lowest BCUT2D eigenvalue weighted by Crippen LogP contribution is -2.35. The number of aryl methyl sites for hydroxylation is 2. The summed E-state index contributed by atoms with van der Waals surface area (Å²) in [5.74, 6) is 0.777. The summed E-state index contributed by atoms with van der Waals surface area (Å²) in [6, 6.07) is 7.80. The Morgan fingerprint density at radius 1 is 1.00 bits per heavy atom. The van der Waals surface area contributed by atoms with Gasteiger partial charge < -0.3 is 5.32 Å². The molecule has 1 aromatic rings. The molecule has 1 N–H and O–H groups in total. The molecule has 0 saturated carbocycles. The molecule has 0 amide bonds. The molecule has 0 heterocycles. The van der Waals surface area contributed by atoms with Crippen LogP contribution in [0, 0.1) is 19.8 Å². The molecule has 0 bridgehead atoms. The number of hydrogen-bond acceptors (Lipinski definition) is 1. The maximum Gasteiger partial charge on any atom is 0.0294 e. The lowest BCUT2D eigenvalue weighted by Gasteiger charge is -2.27. The van der Waals surface area contributed by atoms with Crippen molar-refractivity contribution in [1.82, 2.24) is 5.32 Å². The van der Waals surface area contributed by atoms with Gasteiger partial charge >= 0.3 is 0 Å². The first-order valence-electron chi connectivity index (χ1n) is 7.32. The summed E-state index contributed by atoms with van der Waals surface area (Å²) in [5.41, 5.74) is 4.16. The molecule has 0 aliphatic carbocycles. The number of nitrogens with one attached hydrogen (secondary N) is 1. The lowest BCUT2D eigenvalue weighted by atomic mass is 9.94. The summed E-state index contributed by atoms with van der Waals surface area (Å²) >= 11 is 0. The third kappa shape index (κ3) is 3.84. The van der Waals surface area contributed by atoms with E-state index in [2.05, 4.69) is 65.1 Å². The highest BCUT2D eigenvalue weighted by atomic mass is 14.9. The van der Waals surface area contributed by atoms with E-state index in [0.717, 1.165) is 5.92 Å². The van der Waals surface area contributed by atoms with Gasteiger partial charge in [-0.2, -0.15) is 0 Å². The van der Waals surface area contributed by atoms with E-state index < -0.39 is 0 Å². The van der Waals surface area contributed by atoms with Gasteiger partial charge in [0.05, 0.1) is 0 Å². The van der Waals surface area contributed by atoms with Crippen molar-refractivity contribution in [2.75, 3.05) is 0 Å². The van der Waals surface area contributed by atoms with Crippen molar-refractivity contribution < 1.29 is 0 Å². The van der Waals surface area contributed by atoms with E-state index in [-0.39, 0.29) is 0 Å². The fraction of sp³-hybridized carbons (Fsp3) is 0.647. The molecule has 1 rings (SSSR count). The molecule has 1 aromatic carbocycles. The Balaban J connectivity index is 2.69. The number of benzene rings is 1. The summed E-state index contributed by atoms with van der Waals surface area (Å²) in [5, 5.41) is 3.74. The Bertz CT molecular complexity index is 366. The monoisotopic (exact) mass is 247 g/mol. The van der Waals surface area contributed by atoms with Gasteiger partial charge in [-0.1, -0.05) is 44.9 Å². The van der Waals surface area contributed by atoms with Crippen molar-refractivity contribution in [3.05, 3.63) is 34.9 Å². The first-order chi connectivity index (χ1) is 8.49. The highest BCUT2D eigenvalue weighted by molar-refractivity contribution is 5.31. The van der Waals surface area contributed by atoms with Crippen LogP contribution in [-0.4, -0.2) is 6.04 Å². The Kier molecular flexibility index (Phi) is 5.87. The minimum atomic E-state index is 0.430. The van der Waals surface area contributed by atoms with Crippen molar-refractivity contribution in [2.24, 2.45) is 5.92 Å². The van der Waals surface area contributed by atoms with Gasteiger partial charge in [0.1, 0.15) is 0 Å². The van der Waals surface area contributed by atoms with Crippen molar-refractivity contribution in [3.63, 3.8) is 0 Å². The Labute approximate surface area is 113 Å². The third-order valence-corrected chi connectivity index (χ3v) is 4.30. The van der Waals surface area contributed by atoms with Gasteiger partial charge in [0.15, 0.2) is 0 Å². The van der Waals surface area contributed by atoms with E-state index in [1.807, 2.05) is 0 Å². The topological polar surface area (TPSA) is 12.0 Å². The molecule has 0 fully saturated rings. The van der Waals surface area contributed by atoms with E-state index in [1.165, 1.54) is 29.5 Å². The van der Waals surface area contributed by atoms with Crippen molar-refractivity contribution in [1.29, 1.82) is 0 Å². The first-order valence-corrected chi connectivity index (χ1v) is 7.32. The predicted octanol–water partition coefficient (Wildman–Crippen LogP) is 4.78. The zero-order valence-electron chi connectivity index (χ0n) is 12.9. The fourth-order valence-corrected chi connectivity index (χ4v) is 2.66. The molecule has 2 unspecified atom stereocenters. The molecular weight excluding hydrogens is 218 g/mol. The maximum atomic E-state index is 3.74. The molecule has 102 valence electrons. The first kappa shape index (κ1) is 15.2. The molecule has 0 aliphatic rings. The zero-order valence-corrected chi connectivity index (χ0v) is 12.9. The Morgan fingerprint density at radius 2 is 1.61 bits per heavy atom. The SMILES string of the molecule is CCC(CC)C(C)NC(C)c1ccc(C)c(C)c1. The maximum absolute atomic E-state index is 3.74. The van der Waals surface area contributed by atoms with Gasteiger partial charge in [-0.25, -0.2) is 0 Å². The van der Waals surface area contributed by atoms with Crippen LogP contribution in [0.2, 0.25) is 0 Å². The molecular formula is C17H29N. The summed E-state index contributed by atoms with van der Waals surface area (Å²) < 4.78 is 0. The van der Waals surface area contributed by atoms with Gasteiger partial charge in [0.25, 0.3) is 0 Å². The van der Waals surface area contributed by atoms with E-state index in [9.17, 15) is 0 Å². The second-order valence-electron chi connectivity index (χ2n) is 5.60. The van der Waals surface area contributed by atoms with Gasteiger partial charge in [0.2, 0.25) is 0 Å². The van der Waals surface area contributed by atoms with Gasteiger partial charge in [-0.3, -0.25) is 0 Å². The average molecular weight is 247 g/mol. The molecule has 0 aromatic heterocycles. The molecule has 0 aliphatic heterocycles. The van der Waals surface area contributed by atoms with E-state index in [1.54, 1.807) is 0 Å². The van der Waals surface area contributed by atoms with Gasteiger partial charge in [-0.15, -0.1) is 0 Å². The van der Waals surface area contributed by atoms with Gasteiger partial charge in [-0.05, 0) is 50.3 Å². The molecule has 1 heteroatoms. The summed E-state index contributed by atoms with van der Waals surface area (Å²) in [7, 11) is 0. The Morgan fingerprint density at radius 3 is 2.11 bits per heavy atom. The van der Waals surface area contributed by atoms with Crippen LogP contribution in [0.4, 0.5) is 0 Å². The minimum Gasteiger partial charge on any atom is -0.307 e. The molecule has 18 heavy (non-hydrogen) atoms. The van der Waals surface area contributed by atoms with Crippen LogP contribution in [0.3, 0.4) is 0 Å². The number of hydrogen-bond donors (Lipinski definition) is 1. The standard InChI is InChI=1S/C17H29N/c1-7-16(8-2)14(5)18-15(6)17-10-9-12(3)13(4)11-17/h9-11,14-16,18H,7-8H2,1-6H3. The highest BCUT2D eigenvalue weighted by Crippen LogP contribution is 2.20. The van der Waals surface area contributed by atoms with Crippen LogP contribution in [0.15, 0.2) is 18.2 Å². The molecule has 0 radical (unpaired) electrons. The van der Waals surface area contributed by atoms with E-state index >= 15 is 0 Å². The fourth-order valence-electron chi connectivity index (χ4n) is 2.66. The van der Waals surface area contributed by atoms with Crippen LogP contribution < -0.4 is 5.32 Å². The van der Waals surface area contributed by atoms with Crippen molar-refractivity contribution >= 4 is 0 Å². The van der Waals surface area contributed by atoms with Crippen molar-refractivity contribution in [3.8, 4) is 0 Å².